The molecule has 0 bridgehead atoms. The van der Waals surface area contributed by atoms with Crippen LogP contribution in [0.3, 0.4) is 0 Å². The molecule has 1 aliphatic rings. The average Bonchev–Trinajstić information content (AvgIpc) is 2.98. The van der Waals surface area contributed by atoms with E-state index in [2.05, 4.69) is 15.0 Å². The van der Waals surface area contributed by atoms with E-state index in [0.717, 1.165) is 18.4 Å². The van der Waals surface area contributed by atoms with Gasteiger partial charge in [-0.25, -0.2) is 18.1 Å². The van der Waals surface area contributed by atoms with Gasteiger partial charge in [0.15, 0.2) is 5.03 Å². The second-order valence-corrected chi connectivity index (χ2v) is 6.92. The fourth-order valence-electron chi connectivity index (χ4n) is 2.41. The first-order valence-corrected chi connectivity index (χ1v) is 8.81. The maximum absolute atomic E-state index is 12.1. The lowest BCUT2D eigenvalue weighted by atomic mass is 10.3. The van der Waals surface area contributed by atoms with E-state index in [1.807, 2.05) is 7.05 Å². The number of hydrogen-bond acceptors (Lipinski definition) is 5. The Morgan fingerprint density at radius 3 is 2.71 bits per heavy atom. The van der Waals surface area contributed by atoms with Crippen molar-refractivity contribution in [3.63, 3.8) is 0 Å². The summed E-state index contributed by atoms with van der Waals surface area (Å²) >= 11 is 0. The van der Waals surface area contributed by atoms with Gasteiger partial charge < -0.3 is 10.1 Å². The third kappa shape index (κ3) is 5.03. The van der Waals surface area contributed by atoms with Gasteiger partial charge in [0.05, 0.1) is 12.7 Å². The van der Waals surface area contributed by atoms with Crippen molar-refractivity contribution in [2.75, 3.05) is 20.2 Å². The minimum Gasteiger partial charge on any atom is -0.377 e. The van der Waals surface area contributed by atoms with Crippen molar-refractivity contribution < 1.29 is 13.2 Å². The second kappa shape index (κ2) is 7.84. The summed E-state index contributed by atoms with van der Waals surface area (Å²) in [6.07, 6.45) is 6.45. The maximum Gasteiger partial charge on any atom is 0.258 e. The monoisotopic (exact) mass is 313 g/mol. The standard InChI is InChI=1S/C14H23N3O3S/c1-15-10-12-6-7-14(16-11-12)21(18,19)17-8-9-20-13-4-2-3-5-13/h6-7,11,13,15,17H,2-5,8-10H2,1H3. The minimum absolute atomic E-state index is 0.0446. The third-order valence-electron chi connectivity index (χ3n) is 3.50. The van der Waals surface area contributed by atoms with Gasteiger partial charge >= 0.3 is 0 Å². The summed E-state index contributed by atoms with van der Waals surface area (Å²) in [6.45, 7) is 1.34. The summed E-state index contributed by atoms with van der Waals surface area (Å²) < 4.78 is 32.3. The summed E-state index contributed by atoms with van der Waals surface area (Å²) in [5, 5.41) is 3.03. The van der Waals surface area contributed by atoms with Crippen LogP contribution in [0.25, 0.3) is 0 Å². The van der Waals surface area contributed by atoms with Crippen molar-refractivity contribution in [3.05, 3.63) is 23.9 Å². The first kappa shape index (κ1) is 16.4. The Bertz CT molecular complexity index is 525. The van der Waals surface area contributed by atoms with Crippen LogP contribution in [-0.4, -0.2) is 39.7 Å². The summed E-state index contributed by atoms with van der Waals surface area (Å²) in [7, 11) is -1.72. The maximum atomic E-state index is 12.1. The summed E-state index contributed by atoms with van der Waals surface area (Å²) in [6, 6.07) is 3.28. The molecule has 1 saturated carbocycles. The minimum atomic E-state index is -3.55. The van der Waals surface area contributed by atoms with E-state index < -0.39 is 10.0 Å². The Morgan fingerprint density at radius 2 is 2.10 bits per heavy atom. The molecule has 118 valence electrons. The largest absolute Gasteiger partial charge is 0.377 e. The Labute approximate surface area is 126 Å². The van der Waals surface area contributed by atoms with Crippen LogP contribution in [0.4, 0.5) is 0 Å². The van der Waals surface area contributed by atoms with Crippen molar-refractivity contribution >= 4 is 10.0 Å². The predicted molar refractivity (Wildman–Crippen MR) is 80.4 cm³/mol. The van der Waals surface area contributed by atoms with Crippen LogP contribution < -0.4 is 10.0 Å². The van der Waals surface area contributed by atoms with Gasteiger partial charge in [0.2, 0.25) is 0 Å². The van der Waals surface area contributed by atoms with E-state index in [1.165, 1.54) is 18.9 Å². The Hall–Kier alpha value is -1.02. The zero-order valence-corrected chi connectivity index (χ0v) is 13.2. The van der Waals surface area contributed by atoms with E-state index in [1.54, 1.807) is 12.3 Å². The molecule has 0 atom stereocenters. The first-order valence-electron chi connectivity index (χ1n) is 7.32. The van der Waals surface area contributed by atoms with Gasteiger partial charge in [0.1, 0.15) is 0 Å². The van der Waals surface area contributed by atoms with Gasteiger partial charge in [-0.3, -0.25) is 0 Å². The van der Waals surface area contributed by atoms with E-state index in [-0.39, 0.29) is 11.6 Å². The van der Waals surface area contributed by atoms with Crippen LogP contribution >= 0.6 is 0 Å². The molecule has 0 amide bonds. The highest BCUT2D eigenvalue weighted by Gasteiger charge is 2.17. The lowest BCUT2D eigenvalue weighted by molar-refractivity contribution is 0.0626. The molecule has 2 N–H and O–H groups in total. The van der Waals surface area contributed by atoms with E-state index in [4.69, 9.17) is 4.74 Å². The van der Waals surface area contributed by atoms with Crippen molar-refractivity contribution in [2.24, 2.45) is 0 Å². The molecule has 0 radical (unpaired) electrons. The fraction of sp³-hybridized carbons (Fsp3) is 0.643. The van der Waals surface area contributed by atoms with Crippen LogP contribution in [0.1, 0.15) is 31.2 Å². The van der Waals surface area contributed by atoms with Gasteiger partial charge in [0.25, 0.3) is 10.0 Å². The SMILES string of the molecule is CNCc1ccc(S(=O)(=O)NCCOC2CCCC2)nc1. The molecular formula is C14H23N3O3S. The van der Waals surface area contributed by atoms with Crippen LogP contribution in [0.5, 0.6) is 0 Å². The summed E-state index contributed by atoms with van der Waals surface area (Å²) in [5.74, 6) is 0. The first-order chi connectivity index (χ1) is 10.1. The van der Waals surface area contributed by atoms with Crippen molar-refractivity contribution in [3.8, 4) is 0 Å². The van der Waals surface area contributed by atoms with Crippen molar-refractivity contribution in [2.45, 2.75) is 43.4 Å². The lowest BCUT2D eigenvalue weighted by Crippen LogP contribution is -2.29. The number of nitrogens with one attached hydrogen (secondary N) is 2. The number of sulfonamides is 1. The lowest BCUT2D eigenvalue weighted by Gasteiger charge is -2.11. The number of nitrogens with zero attached hydrogens (tertiary/aromatic N) is 1. The average molecular weight is 313 g/mol. The number of pyridine rings is 1. The van der Waals surface area contributed by atoms with Crippen molar-refractivity contribution in [1.82, 2.24) is 15.0 Å². The Balaban J connectivity index is 1.80. The van der Waals surface area contributed by atoms with E-state index in [0.29, 0.717) is 19.3 Å². The van der Waals surface area contributed by atoms with Crippen LogP contribution in [0.15, 0.2) is 23.4 Å². The molecular weight excluding hydrogens is 290 g/mol. The van der Waals surface area contributed by atoms with Gasteiger partial charge in [-0.15, -0.1) is 0 Å². The van der Waals surface area contributed by atoms with Gasteiger partial charge in [0, 0.05) is 19.3 Å². The molecule has 0 aliphatic heterocycles. The molecule has 1 heterocycles. The molecule has 0 spiro atoms. The Kier molecular flexibility index (Phi) is 6.10. The summed E-state index contributed by atoms with van der Waals surface area (Å²) in [5.41, 5.74) is 0.945. The predicted octanol–water partition coefficient (Wildman–Crippen LogP) is 1.04. The molecule has 1 aromatic rings. The molecule has 2 rings (SSSR count). The number of ether oxygens (including phenoxy) is 1. The van der Waals surface area contributed by atoms with Crippen LogP contribution in [0.2, 0.25) is 0 Å². The smallest absolute Gasteiger partial charge is 0.258 e. The fourth-order valence-corrected chi connectivity index (χ4v) is 3.35. The summed E-state index contributed by atoms with van der Waals surface area (Å²) in [4.78, 5) is 3.99. The van der Waals surface area contributed by atoms with Gasteiger partial charge in [-0.2, -0.15) is 0 Å². The second-order valence-electron chi connectivity index (χ2n) is 5.21. The zero-order chi connectivity index (χ0) is 15.1. The highest BCUT2D eigenvalue weighted by molar-refractivity contribution is 7.89. The van der Waals surface area contributed by atoms with E-state index in [9.17, 15) is 8.42 Å². The highest BCUT2D eigenvalue weighted by Crippen LogP contribution is 2.20. The van der Waals surface area contributed by atoms with Crippen LogP contribution in [0, 0.1) is 0 Å². The molecule has 6 nitrogen and oxygen atoms in total. The number of aromatic nitrogens is 1. The van der Waals surface area contributed by atoms with E-state index >= 15 is 0 Å². The van der Waals surface area contributed by atoms with Crippen molar-refractivity contribution in [1.29, 1.82) is 0 Å². The molecule has 1 aromatic heterocycles. The molecule has 1 aliphatic carbocycles. The molecule has 0 saturated heterocycles. The van der Waals surface area contributed by atoms with Gasteiger partial charge in [-0.05, 0) is 31.5 Å². The Morgan fingerprint density at radius 1 is 1.33 bits per heavy atom. The third-order valence-corrected chi connectivity index (χ3v) is 4.88. The molecule has 0 unspecified atom stereocenters. The highest BCUT2D eigenvalue weighted by atomic mass is 32.2. The molecule has 7 heteroatoms. The topological polar surface area (TPSA) is 80.3 Å². The number of rotatable bonds is 8. The van der Waals surface area contributed by atoms with Gasteiger partial charge in [-0.1, -0.05) is 18.9 Å². The van der Waals surface area contributed by atoms with Crippen LogP contribution in [-0.2, 0) is 21.3 Å². The normalized spacial score (nSPS) is 16.4. The molecule has 0 aromatic carbocycles. The zero-order valence-electron chi connectivity index (χ0n) is 12.3. The molecule has 21 heavy (non-hydrogen) atoms. The quantitative estimate of drug-likeness (QED) is 0.701. The number of hydrogen-bond donors (Lipinski definition) is 2. The molecule has 1 fully saturated rings.